The molecular formula is C26H31FN4O3S. The van der Waals surface area contributed by atoms with Crippen molar-refractivity contribution in [2.24, 2.45) is 0 Å². The largest absolute Gasteiger partial charge is 0.450 e. The third-order valence-electron chi connectivity index (χ3n) is 7.11. The van der Waals surface area contributed by atoms with Gasteiger partial charge in [-0.1, -0.05) is 18.2 Å². The molecule has 0 bridgehead atoms. The lowest BCUT2D eigenvalue weighted by Gasteiger charge is -2.35. The fourth-order valence-corrected chi connectivity index (χ4v) is 6.48. The van der Waals surface area contributed by atoms with Crippen LogP contribution in [0.1, 0.15) is 42.2 Å². The molecule has 1 fully saturated rings. The topological polar surface area (TPSA) is 76.5 Å². The van der Waals surface area contributed by atoms with Gasteiger partial charge in [-0.3, -0.25) is 9.36 Å². The zero-order chi connectivity index (χ0) is 24.4. The highest BCUT2D eigenvalue weighted by molar-refractivity contribution is 7.18. The van der Waals surface area contributed by atoms with Crippen LogP contribution in [-0.2, 0) is 30.5 Å². The second-order valence-electron chi connectivity index (χ2n) is 9.34. The lowest BCUT2D eigenvalue weighted by atomic mass is 9.91. The highest BCUT2D eigenvalue weighted by atomic mass is 32.1. The van der Waals surface area contributed by atoms with Crippen molar-refractivity contribution in [3.63, 3.8) is 0 Å². The number of carbonyl (C=O) groups excluding carboxylic acids is 1. The number of piperidine rings is 1. The van der Waals surface area contributed by atoms with E-state index in [1.54, 1.807) is 39.3 Å². The fraction of sp³-hybridized carbons (Fsp3) is 0.500. The molecule has 2 aromatic heterocycles. The summed E-state index contributed by atoms with van der Waals surface area (Å²) in [5.41, 5.74) is 1.72. The number of ether oxygens (including phenoxy) is 1. The number of likely N-dealkylation sites (tertiary alicyclic amines) is 1. The quantitative estimate of drug-likeness (QED) is 0.558. The summed E-state index contributed by atoms with van der Waals surface area (Å²) in [4.78, 5) is 33.6. The number of hydrogen-bond acceptors (Lipinski definition) is 6. The Kier molecular flexibility index (Phi) is 7.15. The number of thiophene rings is 1. The summed E-state index contributed by atoms with van der Waals surface area (Å²) in [6, 6.07) is 7.43. The van der Waals surface area contributed by atoms with Gasteiger partial charge in [-0.05, 0) is 62.6 Å². The first-order chi connectivity index (χ1) is 17.0. The molecule has 9 heteroatoms. The van der Waals surface area contributed by atoms with E-state index in [2.05, 4.69) is 10.3 Å². The molecule has 1 saturated heterocycles. The van der Waals surface area contributed by atoms with Crippen LogP contribution in [0.5, 0.6) is 0 Å². The van der Waals surface area contributed by atoms with Gasteiger partial charge in [-0.15, -0.1) is 11.3 Å². The molecule has 1 aromatic carbocycles. The highest BCUT2D eigenvalue weighted by Gasteiger charge is 2.29. The number of nitrogens with zero attached hydrogens (tertiary/aromatic N) is 3. The summed E-state index contributed by atoms with van der Waals surface area (Å²) in [7, 11) is 0. The van der Waals surface area contributed by atoms with Crippen LogP contribution in [0.15, 0.2) is 35.4 Å². The van der Waals surface area contributed by atoms with Gasteiger partial charge in [0.1, 0.15) is 10.6 Å². The van der Waals surface area contributed by atoms with Crippen molar-refractivity contribution >= 4 is 27.6 Å². The Bertz CT molecular complexity index is 1270. The molecule has 35 heavy (non-hydrogen) atoms. The Labute approximate surface area is 207 Å². The number of halogens is 1. The SMILES string of the molecule is CCOC(=O)N1CCC(NC2CCc3c(sc4ncn(CCc5ccccc5F)c(=O)c34)C2)CC1. The number of aromatic nitrogens is 2. The second kappa shape index (κ2) is 10.5. The molecule has 1 atom stereocenters. The summed E-state index contributed by atoms with van der Waals surface area (Å²) in [5.74, 6) is -0.243. The lowest BCUT2D eigenvalue weighted by Crippen LogP contribution is -2.49. The summed E-state index contributed by atoms with van der Waals surface area (Å²) < 4.78 is 20.7. The van der Waals surface area contributed by atoms with Crippen molar-refractivity contribution in [1.29, 1.82) is 0 Å². The number of benzene rings is 1. The number of rotatable bonds is 6. The summed E-state index contributed by atoms with van der Waals surface area (Å²) in [6.07, 6.45) is 6.39. The van der Waals surface area contributed by atoms with Crippen LogP contribution in [0.2, 0.25) is 0 Å². The van der Waals surface area contributed by atoms with Crippen molar-refractivity contribution in [1.82, 2.24) is 19.8 Å². The standard InChI is InChI=1S/C26H31FN4O3S/c1-2-34-26(33)30-13-10-18(11-14-30)29-19-7-8-20-22(15-19)35-24-23(20)25(32)31(16-28-24)12-9-17-5-3-4-6-21(17)27/h3-6,16,18-19,29H,2,7-15H2,1H3. The molecule has 0 spiro atoms. The maximum absolute atomic E-state index is 14.0. The molecule has 1 aliphatic carbocycles. The van der Waals surface area contributed by atoms with Crippen LogP contribution in [-0.4, -0.2) is 52.3 Å². The van der Waals surface area contributed by atoms with Crippen molar-refractivity contribution in [2.45, 2.75) is 64.1 Å². The van der Waals surface area contributed by atoms with Crippen LogP contribution in [0.4, 0.5) is 9.18 Å². The van der Waals surface area contributed by atoms with E-state index in [1.165, 1.54) is 10.9 Å². The molecule has 0 saturated carbocycles. The number of aryl methyl sites for hydroxylation is 3. The molecule has 3 heterocycles. The molecule has 1 aliphatic heterocycles. The van der Waals surface area contributed by atoms with Crippen molar-refractivity contribution in [3.8, 4) is 0 Å². The first kappa shape index (κ1) is 23.9. The molecule has 2 aliphatic rings. The van der Waals surface area contributed by atoms with E-state index >= 15 is 0 Å². The highest BCUT2D eigenvalue weighted by Crippen LogP contribution is 2.34. The lowest BCUT2D eigenvalue weighted by molar-refractivity contribution is 0.0940. The normalized spacial score (nSPS) is 18.6. The van der Waals surface area contributed by atoms with E-state index in [4.69, 9.17) is 4.74 Å². The number of carbonyl (C=O) groups is 1. The van der Waals surface area contributed by atoms with E-state index in [0.29, 0.717) is 50.3 Å². The van der Waals surface area contributed by atoms with Gasteiger partial charge in [0.2, 0.25) is 0 Å². The Morgan fingerprint density at radius 2 is 2.03 bits per heavy atom. The first-order valence-electron chi connectivity index (χ1n) is 12.4. The van der Waals surface area contributed by atoms with Gasteiger partial charge in [0.25, 0.3) is 5.56 Å². The van der Waals surface area contributed by atoms with Crippen LogP contribution >= 0.6 is 11.3 Å². The molecule has 1 amide bonds. The van der Waals surface area contributed by atoms with Crippen molar-refractivity contribution in [2.75, 3.05) is 19.7 Å². The van der Waals surface area contributed by atoms with Gasteiger partial charge in [0.05, 0.1) is 18.3 Å². The molecule has 1 unspecified atom stereocenters. The van der Waals surface area contributed by atoms with E-state index in [9.17, 15) is 14.0 Å². The number of nitrogens with one attached hydrogen (secondary N) is 1. The van der Waals surface area contributed by atoms with Gasteiger partial charge in [0, 0.05) is 36.6 Å². The molecule has 5 rings (SSSR count). The minimum atomic E-state index is -0.243. The molecule has 186 valence electrons. The van der Waals surface area contributed by atoms with Gasteiger partial charge >= 0.3 is 6.09 Å². The predicted octanol–water partition coefficient (Wildman–Crippen LogP) is 3.91. The van der Waals surface area contributed by atoms with Crippen LogP contribution < -0.4 is 10.9 Å². The Morgan fingerprint density at radius 3 is 2.80 bits per heavy atom. The maximum Gasteiger partial charge on any atom is 0.409 e. The number of amides is 1. The van der Waals surface area contributed by atoms with E-state index in [0.717, 1.165) is 47.9 Å². The predicted molar refractivity (Wildman–Crippen MR) is 135 cm³/mol. The summed E-state index contributed by atoms with van der Waals surface area (Å²) in [5, 5.41) is 4.53. The minimum absolute atomic E-state index is 0.0263. The number of hydrogen-bond donors (Lipinski definition) is 1. The Hall–Kier alpha value is -2.78. The molecule has 3 aromatic rings. The number of fused-ring (bicyclic) bond motifs is 3. The van der Waals surface area contributed by atoms with Crippen LogP contribution in [0, 0.1) is 5.82 Å². The zero-order valence-electron chi connectivity index (χ0n) is 20.0. The van der Waals surface area contributed by atoms with Crippen molar-refractivity contribution < 1.29 is 13.9 Å². The average molecular weight is 499 g/mol. The smallest absolute Gasteiger partial charge is 0.409 e. The van der Waals surface area contributed by atoms with Gasteiger partial charge < -0.3 is 15.0 Å². The third kappa shape index (κ3) is 5.11. The minimum Gasteiger partial charge on any atom is -0.450 e. The van der Waals surface area contributed by atoms with E-state index in [-0.39, 0.29) is 17.5 Å². The third-order valence-corrected chi connectivity index (χ3v) is 8.27. The van der Waals surface area contributed by atoms with E-state index in [1.807, 2.05) is 13.0 Å². The summed E-state index contributed by atoms with van der Waals surface area (Å²) >= 11 is 1.62. The van der Waals surface area contributed by atoms with Gasteiger partial charge in [-0.25, -0.2) is 14.2 Å². The monoisotopic (exact) mass is 498 g/mol. The first-order valence-corrected chi connectivity index (χ1v) is 13.3. The molecule has 1 N–H and O–H groups in total. The molecular weight excluding hydrogens is 467 g/mol. The van der Waals surface area contributed by atoms with Gasteiger partial charge in [0.15, 0.2) is 0 Å². The van der Waals surface area contributed by atoms with E-state index < -0.39 is 0 Å². The molecule has 7 nitrogen and oxygen atoms in total. The van der Waals surface area contributed by atoms with Crippen LogP contribution in [0.3, 0.4) is 0 Å². The maximum atomic E-state index is 14.0. The molecule has 0 radical (unpaired) electrons. The Morgan fingerprint density at radius 1 is 1.23 bits per heavy atom. The van der Waals surface area contributed by atoms with Gasteiger partial charge in [-0.2, -0.15) is 0 Å². The summed E-state index contributed by atoms with van der Waals surface area (Å²) in [6.45, 7) is 4.07. The fourth-order valence-electron chi connectivity index (χ4n) is 5.22. The van der Waals surface area contributed by atoms with Crippen molar-refractivity contribution in [3.05, 3.63) is 62.8 Å². The zero-order valence-corrected chi connectivity index (χ0v) is 20.8. The Balaban J connectivity index is 1.24. The second-order valence-corrected chi connectivity index (χ2v) is 10.4. The average Bonchev–Trinajstić information content (AvgIpc) is 3.24. The van der Waals surface area contributed by atoms with Crippen LogP contribution in [0.25, 0.3) is 10.2 Å².